The molecule has 0 bridgehead atoms. The van der Waals surface area contributed by atoms with Gasteiger partial charge in [-0.05, 0) is 11.6 Å². The van der Waals surface area contributed by atoms with Crippen LogP contribution < -0.4 is 22.1 Å². The molecule has 0 aliphatic rings. The van der Waals surface area contributed by atoms with E-state index in [0.717, 1.165) is 5.56 Å². The van der Waals surface area contributed by atoms with Crippen LogP contribution in [0.1, 0.15) is 5.56 Å². The van der Waals surface area contributed by atoms with Gasteiger partial charge in [0.05, 0.1) is 13.1 Å². The fourth-order valence-electron chi connectivity index (χ4n) is 1.05. The average molecular weight is 237 g/mol. The van der Waals surface area contributed by atoms with Crippen molar-refractivity contribution in [1.29, 1.82) is 0 Å². The molecule has 0 aliphatic heterocycles. The minimum atomic E-state index is -0.366. The lowest BCUT2D eigenvalue weighted by molar-refractivity contribution is -0.125. The van der Waals surface area contributed by atoms with Crippen molar-refractivity contribution < 1.29 is 9.59 Å². The van der Waals surface area contributed by atoms with Crippen LogP contribution in [-0.2, 0) is 16.1 Å². The second kappa shape index (κ2) is 6.44. The summed E-state index contributed by atoms with van der Waals surface area (Å²) in [7, 11) is 0. The van der Waals surface area contributed by atoms with Gasteiger partial charge in [0.2, 0.25) is 11.8 Å². The lowest BCUT2D eigenvalue weighted by Gasteiger charge is -2.06. The summed E-state index contributed by atoms with van der Waals surface area (Å²) in [5.41, 5.74) is 11.3. The molecule has 0 unspecified atom stereocenters. The third kappa shape index (κ3) is 4.94. The zero-order valence-electron chi connectivity index (χ0n) is 9.27. The first-order chi connectivity index (χ1) is 8.11. The third-order valence-corrected chi connectivity index (χ3v) is 1.97. The van der Waals surface area contributed by atoms with E-state index in [2.05, 4.69) is 15.6 Å². The maximum Gasteiger partial charge on any atom is 0.239 e. The number of pyridine rings is 1. The van der Waals surface area contributed by atoms with E-state index in [4.69, 9.17) is 11.5 Å². The maximum atomic E-state index is 11.3. The van der Waals surface area contributed by atoms with Gasteiger partial charge < -0.3 is 22.1 Å². The van der Waals surface area contributed by atoms with Crippen molar-refractivity contribution in [2.24, 2.45) is 5.73 Å². The van der Waals surface area contributed by atoms with Crippen LogP contribution in [0.4, 0.5) is 5.82 Å². The molecule has 0 aromatic carbocycles. The van der Waals surface area contributed by atoms with Gasteiger partial charge in [0, 0.05) is 12.7 Å². The van der Waals surface area contributed by atoms with Gasteiger partial charge in [-0.25, -0.2) is 4.98 Å². The van der Waals surface area contributed by atoms with Crippen LogP contribution in [0.2, 0.25) is 0 Å². The first-order valence-electron chi connectivity index (χ1n) is 5.05. The van der Waals surface area contributed by atoms with Crippen molar-refractivity contribution in [3.63, 3.8) is 0 Å². The van der Waals surface area contributed by atoms with E-state index in [1.54, 1.807) is 18.3 Å². The molecule has 0 saturated carbocycles. The normalized spacial score (nSPS) is 9.71. The van der Waals surface area contributed by atoms with Gasteiger partial charge in [-0.1, -0.05) is 6.07 Å². The summed E-state index contributed by atoms with van der Waals surface area (Å²) < 4.78 is 0. The molecule has 7 nitrogen and oxygen atoms in total. The van der Waals surface area contributed by atoms with Gasteiger partial charge in [0.1, 0.15) is 5.82 Å². The van der Waals surface area contributed by atoms with Crippen molar-refractivity contribution >= 4 is 17.6 Å². The van der Waals surface area contributed by atoms with Crippen molar-refractivity contribution in [2.45, 2.75) is 6.54 Å². The Balaban J connectivity index is 2.28. The quantitative estimate of drug-likeness (QED) is 0.489. The van der Waals surface area contributed by atoms with Crippen molar-refractivity contribution in [1.82, 2.24) is 15.6 Å². The number of nitrogens with two attached hydrogens (primary N) is 2. The molecule has 1 aromatic heterocycles. The van der Waals surface area contributed by atoms with E-state index < -0.39 is 0 Å². The number of hydrogen-bond donors (Lipinski definition) is 4. The zero-order valence-corrected chi connectivity index (χ0v) is 9.27. The molecule has 17 heavy (non-hydrogen) atoms. The van der Waals surface area contributed by atoms with E-state index in [9.17, 15) is 9.59 Å². The number of rotatable bonds is 5. The highest BCUT2D eigenvalue weighted by Gasteiger charge is 2.03. The number of anilines is 1. The van der Waals surface area contributed by atoms with Gasteiger partial charge in [-0.3, -0.25) is 9.59 Å². The second-order valence-electron chi connectivity index (χ2n) is 3.35. The van der Waals surface area contributed by atoms with Crippen LogP contribution in [-0.4, -0.2) is 29.9 Å². The number of carbonyl (C=O) groups is 2. The molecule has 92 valence electrons. The van der Waals surface area contributed by atoms with E-state index in [0.29, 0.717) is 12.4 Å². The van der Waals surface area contributed by atoms with Gasteiger partial charge in [0.15, 0.2) is 0 Å². The molecule has 1 heterocycles. The number of carbonyl (C=O) groups excluding carboxylic acids is 2. The Labute approximate surface area is 98.6 Å². The molecule has 6 N–H and O–H groups in total. The zero-order chi connectivity index (χ0) is 12.7. The summed E-state index contributed by atoms with van der Waals surface area (Å²) >= 11 is 0. The van der Waals surface area contributed by atoms with E-state index in [1.165, 1.54) is 0 Å². The molecule has 7 heteroatoms. The Morgan fingerprint density at radius 2 is 2.00 bits per heavy atom. The minimum absolute atomic E-state index is 0.0849. The van der Waals surface area contributed by atoms with Gasteiger partial charge in [-0.2, -0.15) is 0 Å². The number of nitrogens with zero attached hydrogens (tertiary/aromatic N) is 1. The Kier molecular flexibility index (Phi) is 4.89. The highest BCUT2D eigenvalue weighted by molar-refractivity contribution is 5.85. The highest BCUT2D eigenvalue weighted by Crippen LogP contribution is 2.00. The Morgan fingerprint density at radius 1 is 1.24 bits per heavy atom. The molecular formula is C10H15N5O2. The Morgan fingerprint density at radius 3 is 2.59 bits per heavy atom. The van der Waals surface area contributed by atoms with Crippen molar-refractivity contribution in [2.75, 3.05) is 18.8 Å². The third-order valence-electron chi connectivity index (χ3n) is 1.97. The molecule has 0 atom stereocenters. The lowest BCUT2D eigenvalue weighted by atomic mass is 10.3. The minimum Gasteiger partial charge on any atom is -0.384 e. The second-order valence-corrected chi connectivity index (χ2v) is 3.35. The summed E-state index contributed by atoms with van der Waals surface area (Å²) in [6.45, 7) is 0.123. The Hall–Kier alpha value is -2.15. The first kappa shape index (κ1) is 12.9. The van der Waals surface area contributed by atoms with Crippen LogP contribution >= 0.6 is 0 Å². The molecule has 0 spiro atoms. The summed E-state index contributed by atoms with van der Waals surface area (Å²) in [5.74, 6) is -0.229. The summed E-state index contributed by atoms with van der Waals surface area (Å²) in [4.78, 5) is 26.0. The fourth-order valence-corrected chi connectivity index (χ4v) is 1.05. The van der Waals surface area contributed by atoms with Gasteiger partial charge >= 0.3 is 0 Å². The number of nitrogen functional groups attached to an aromatic ring is 1. The number of aromatic nitrogens is 1. The summed E-state index contributed by atoms with van der Waals surface area (Å²) in [6, 6.07) is 3.42. The number of hydrogen-bond acceptors (Lipinski definition) is 5. The Bertz CT molecular complexity index is 390. The fraction of sp³-hybridized carbons (Fsp3) is 0.300. The van der Waals surface area contributed by atoms with Gasteiger partial charge in [-0.15, -0.1) is 0 Å². The van der Waals surface area contributed by atoms with Crippen molar-refractivity contribution in [3.05, 3.63) is 23.9 Å². The molecule has 1 aromatic rings. The lowest BCUT2D eigenvalue weighted by Crippen LogP contribution is -2.39. The number of amides is 2. The van der Waals surface area contributed by atoms with E-state index >= 15 is 0 Å². The smallest absolute Gasteiger partial charge is 0.239 e. The van der Waals surface area contributed by atoms with Crippen molar-refractivity contribution in [3.8, 4) is 0 Å². The monoisotopic (exact) mass is 237 g/mol. The highest BCUT2D eigenvalue weighted by atomic mass is 16.2. The van der Waals surface area contributed by atoms with Gasteiger partial charge in [0.25, 0.3) is 0 Å². The van der Waals surface area contributed by atoms with E-state index in [-0.39, 0.29) is 24.9 Å². The molecule has 0 saturated heterocycles. The van der Waals surface area contributed by atoms with Crippen LogP contribution in [0, 0.1) is 0 Å². The molecule has 0 aliphatic carbocycles. The van der Waals surface area contributed by atoms with Crippen LogP contribution in [0.25, 0.3) is 0 Å². The molecule has 0 radical (unpaired) electrons. The van der Waals surface area contributed by atoms with Crippen LogP contribution in [0.3, 0.4) is 0 Å². The predicted octanol–water partition coefficient (Wildman–Crippen LogP) is -1.65. The SMILES string of the molecule is NCC(=O)NCC(=O)NCc1ccc(N)nc1. The molecular weight excluding hydrogens is 222 g/mol. The summed E-state index contributed by atoms with van der Waals surface area (Å²) in [5, 5.41) is 4.99. The predicted molar refractivity (Wildman–Crippen MR) is 62.6 cm³/mol. The largest absolute Gasteiger partial charge is 0.384 e. The average Bonchev–Trinajstić information content (AvgIpc) is 2.35. The molecule has 1 rings (SSSR count). The van der Waals surface area contributed by atoms with Crippen LogP contribution in [0.15, 0.2) is 18.3 Å². The first-order valence-corrected chi connectivity index (χ1v) is 5.05. The molecule has 0 fully saturated rings. The van der Waals surface area contributed by atoms with Crippen LogP contribution in [0.5, 0.6) is 0 Å². The molecule has 2 amide bonds. The standard InChI is InChI=1S/C10H15N5O2/c11-3-9(16)15-6-10(17)14-5-7-1-2-8(12)13-4-7/h1-2,4H,3,5-6,11H2,(H2,12,13)(H,14,17)(H,15,16). The van der Waals surface area contributed by atoms with E-state index in [1.807, 2.05) is 0 Å². The number of nitrogens with one attached hydrogen (secondary N) is 2. The topological polar surface area (TPSA) is 123 Å². The summed E-state index contributed by atoms with van der Waals surface area (Å²) in [6.07, 6.45) is 1.58. The maximum absolute atomic E-state index is 11.3.